The smallest absolute Gasteiger partial charge is 0.271 e. The molecule has 0 saturated heterocycles. The van der Waals surface area contributed by atoms with Crippen LogP contribution in [0.15, 0.2) is 53.6 Å². The number of carbonyl (C=O) groups is 1. The van der Waals surface area contributed by atoms with Gasteiger partial charge < -0.3 is 4.74 Å². The van der Waals surface area contributed by atoms with Crippen molar-refractivity contribution in [2.45, 2.75) is 6.92 Å². The van der Waals surface area contributed by atoms with Crippen LogP contribution in [0.4, 0.5) is 0 Å². The molecule has 0 spiro atoms. The summed E-state index contributed by atoms with van der Waals surface area (Å²) in [6, 6.07) is 14.6. The normalized spacial score (nSPS) is 11.0. The van der Waals surface area contributed by atoms with E-state index < -0.39 is 0 Å². The lowest BCUT2D eigenvalue weighted by Gasteiger charge is -2.04. The average molecular weight is 354 g/mol. The Bertz CT molecular complexity index is 953. The first-order valence-corrected chi connectivity index (χ1v) is 7.99. The van der Waals surface area contributed by atoms with Crippen LogP contribution < -0.4 is 10.2 Å². The molecule has 1 aromatic heterocycles. The van der Waals surface area contributed by atoms with Crippen LogP contribution >= 0.6 is 11.6 Å². The van der Waals surface area contributed by atoms with Gasteiger partial charge in [-0.1, -0.05) is 23.2 Å². The third-order valence-electron chi connectivity index (χ3n) is 3.67. The van der Waals surface area contributed by atoms with Gasteiger partial charge in [-0.15, -0.1) is 0 Å². The first-order valence-electron chi connectivity index (χ1n) is 7.61. The largest absolute Gasteiger partial charge is 0.497 e. The zero-order valence-electron chi connectivity index (χ0n) is 13.8. The SMILES string of the molecule is COc1ccc(C(=O)N/N=C/c2cc3cc(C)ccc3nc2Cl)cc1. The van der Waals surface area contributed by atoms with Gasteiger partial charge in [0.2, 0.25) is 0 Å². The van der Waals surface area contributed by atoms with Crippen LogP contribution in [0.3, 0.4) is 0 Å². The Morgan fingerprint density at radius 3 is 2.68 bits per heavy atom. The molecule has 0 aliphatic rings. The number of hydrazone groups is 1. The summed E-state index contributed by atoms with van der Waals surface area (Å²) in [6.07, 6.45) is 1.48. The Morgan fingerprint density at radius 2 is 1.96 bits per heavy atom. The molecular formula is C19H16ClN3O2. The summed E-state index contributed by atoms with van der Waals surface area (Å²) in [5.74, 6) is 0.365. The van der Waals surface area contributed by atoms with Crippen LogP contribution in [0.5, 0.6) is 5.75 Å². The van der Waals surface area contributed by atoms with E-state index in [-0.39, 0.29) is 5.91 Å². The van der Waals surface area contributed by atoms with Crippen molar-refractivity contribution < 1.29 is 9.53 Å². The maximum Gasteiger partial charge on any atom is 0.271 e. The fourth-order valence-corrected chi connectivity index (χ4v) is 2.54. The van der Waals surface area contributed by atoms with Crippen LogP contribution in [-0.2, 0) is 0 Å². The minimum Gasteiger partial charge on any atom is -0.497 e. The molecule has 5 nitrogen and oxygen atoms in total. The van der Waals surface area contributed by atoms with Crippen molar-refractivity contribution in [3.8, 4) is 5.75 Å². The number of aromatic nitrogens is 1. The molecule has 0 saturated carbocycles. The van der Waals surface area contributed by atoms with Crippen LogP contribution in [0.1, 0.15) is 21.5 Å². The van der Waals surface area contributed by atoms with Gasteiger partial charge in [0.1, 0.15) is 10.9 Å². The number of methoxy groups -OCH3 is 1. The second-order valence-corrected chi connectivity index (χ2v) is 5.85. The van der Waals surface area contributed by atoms with E-state index in [2.05, 4.69) is 15.5 Å². The van der Waals surface area contributed by atoms with Crippen molar-refractivity contribution in [3.63, 3.8) is 0 Å². The highest BCUT2D eigenvalue weighted by Crippen LogP contribution is 2.20. The number of nitrogens with zero attached hydrogens (tertiary/aromatic N) is 2. The lowest BCUT2D eigenvalue weighted by atomic mass is 10.1. The summed E-state index contributed by atoms with van der Waals surface area (Å²) in [5.41, 5.74) is 5.54. The number of fused-ring (bicyclic) bond motifs is 1. The number of benzene rings is 2. The topological polar surface area (TPSA) is 63.6 Å². The first kappa shape index (κ1) is 16.9. The highest BCUT2D eigenvalue weighted by Gasteiger charge is 2.06. The van der Waals surface area contributed by atoms with Crippen molar-refractivity contribution >= 4 is 34.6 Å². The van der Waals surface area contributed by atoms with Gasteiger partial charge in [-0.05, 0) is 49.4 Å². The van der Waals surface area contributed by atoms with Gasteiger partial charge in [0.25, 0.3) is 5.91 Å². The van der Waals surface area contributed by atoms with Crippen molar-refractivity contribution in [2.75, 3.05) is 7.11 Å². The van der Waals surface area contributed by atoms with E-state index in [1.807, 2.05) is 31.2 Å². The Hall–Kier alpha value is -2.92. The molecule has 25 heavy (non-hydrogen) atoms. The van der Waals surface area contributed by atoms with Crippen LogP contribution in [0.25, 0.3) is 10.9 Å². The lowest BCUT2D eigenvalue weighted by Crippen LogP contribution is -2.17. The molecule has 0 fully saturated rings. The molecule has 126 valence electrons. The molecule has 3 rings (SSSR count). The summed E-state index contributed by atoms with van der Waals surface area (Å²) in [5, 5.41) is 5.27. The Balaban J connectivity index is 1.75. The number of ether oxygens (including phenoxy) is 1. The molecule has 0 radical (unpaired) electrons. The van der Waals surface area contributed by atoms with E-state index in [1.165, 1.54) is 6.21 Å². The summed E-state index contributed by atoms with van der Waals surface area (Å²) >= 11 is 6.18. The molecule has 0 unspecified atom stereocenters. The summed E-state index contributed by atoms with van der Waals surface area (Å²) in [4.78, 5) is 16.4. The first-order chi connectivity index (χ1) is 12.1. The van der Waals surface area contributed by atoms with E-state index >= 15 is 0 Å². The van der Waals surface area contributed by atoms with E-state index in [0.29, 0.717) is 22.0 Å². The molecule has 0 atom stereocenters. The van der Waals surface area contributed by atoms with Crippen molar-refractivity contribution in [2.24, 2.45) is 5.10 Å². The monoisotopic (exact) mass is 353 g/mol. The molecular weight excluding hydrogens is 338 g/mol. The highest BCUT2D eigenvalue weighted by atomic mass is 35.5. The molecule has 3 aromatic rings. The number of hydrogen-bond donors (Lipinski definition) is 1. The Kier molecular flexibility index (Phi) is 4.95. The van der Waals surface area contributed by atoms with Crippen molar-refractivity contribution in [1.29, 1.82) is 0 Å². The maximum atomic E-state index is 12.1. The predicted molar refractivity (Wildman–Crippen MR) is 99.5 cm³/mol. The van der Waals surface area contributed by atoms with Crippen LogP contribution in [0, 0.1) is 6.92 Å². The fraction of sp³-hybridized carbons (Fsp3) is 0.105. The molecule has 1 heterocycles. The van der Waals surface area contributed by atoms with Gasteiger partial charge in [-0.2, -0.15) is 5.10 Å². The van der Waals surface area contributed by atoms with Gasteiger partial charge in [-0.25, -0.2) is 10.4 Å². The molecule has 0 aliphatic heterocycles. The van der Waals surface area contributed by atoms with E-state index in [9.17, 15) is 4.79 Å². The van der Waals surface area contributed by atoms with Gasteiger partial charge in [0.05, 0.1) is 18.8 Å². The van der Waals surface area contributed by atoms with Gasteiger partial charge in [0.15, 0.2) is 0 Å². The number of halogens is 1. The highest BCUT2D eigenvalue weighted by molar-refractivity contribution is 6.32. The standard InChI is InChI=1S/C19H16ClN3O2/c1-12-3-8-17-14(9-12)10-15(18(20)22-17)11-21-23-19(24)13-4-6-16(25-2)7-5-13/h3-11H,1-2H3,(H,23,24)/b21-11+. The summed E-state index contributed by atoms with van der Waals surface area (Å²) in [7, 11) is 1.57. The second-order valence-electron chi connectivity index (χ2n) is 5.49. The third kappa shape index (κ3) is 3.95. The summed E-state index contributed by atoms with van der Waals surface area (Å²) in [6.45, 7) is 2.01. The zero-order valence-corrected chi connectivity index (χ0v) is 14.5. The predicted octanol–water partition coefficient (Wildman–Crippen LogP) is 3.97. The number of pyridine rings is 1. The molecule has 0 aliphatic carbocycles. The number of aryl methyl sites for hydroxylation is 1. The Labute approximate surface area is 150 Å². The van der Waals surface area contributed by atoms with Gasteiger partial charge in [-0.3, -0.25) is 4.79 Å². The van der Waals surface area contributed by atoms with E-state index in [0.717, 1.165) is 16.5 Å². The Morgan fingerprint density at radius 1 is 1.20 bits per heavy atom. The quantitative estimate of drug-likeness (QED) is 0.438. The zero-order chi connectivity index (χ0) is 17.8. The van der Waals surface area contributed by atoms with Crippen LogP contribution in [-0.4, -0.2) is 24.2 Å². The van der Waals surface area contributed by atoms with Gasteiger partial charge in [0, 0.05) is 16.5 Å². The van der Waals surface area contributed by atoms with Crippen molar-refractivity contribution in [3.05, 3.63) is 70.4 Å². The van der Waals surface area contributed by atoms with Crippen molar-refractivity contribution in [1.82, 2.24) is 10.4 Å². The van der Waals surface area contributed by atoms with E-state index in [4.69, 9.17) is 16.3 Å². The van der Waals surface area contributed by atoms with Crippen LogP contribution in [0.2, 0.25) is 5.15 Å². The maximum absolute atomic E-state index is 12.1. The molecule has 2 aromatic carbocycles. The van der Waals surface area contributed by atoms with Gasteiger partial charge >= 0.3 is 0 Å². The number of carbonyl (C=O) groups excluding carboxylic acids is 1. The minimum absolute atomic E-state index is 0.320. The summed E-state index contributed by atoms with van der Waals surface area (Å²) < 4.78 is 5.06. The second kappa shape index (κ2) is 7.32. The third-order valence-corrected chi connectivity index (χ3v) is 3.98. The molecule has 6 heteroatoms. The average Bonchev–Trinajstić information content (AvgIpc) is 2.62. The van der Waals surface area contributed by atoms with E-state index in [1.54, 1.807) is 31.4 Å². The number of hydrogen-bond acceptors (Lipinski definition) is 4. The number of rotatable bonds is 4. The number of amides is 1. The number of nitrogens with one attached hydrogen (secondary N) is 1. The molecule has 1 amide bonds. The molecule has 1 N–H and O–H groups in total. The minimum atomic E-state index is -0.320. The lowest BCUT2D eigenvalue weighted by molar-refractivity contribution is 0.0955. The molecule has 0 bridgehead atoms. The fourth-order valence-electron chi connectivity index (χ4n) is 2.35.